The second kappa shape index (κ2) is 51.9. The molecule has 0 amide bonds. The summed E-state index contributed by atoms with van der Waals surface area (Å²) in [5.41, 5.74) is 0. The normalized spacial score (nSPS) is 13.3. The minimum absolute atomic E-state index is 0.136. The summed E-state index contributed by atoms with van der Waals surface area (Å²) in [5.74, 6) is -1.09. The van der Waals surface area contributed by atoms with Gasteiger partial charge in [0.25, 0.3) is 0 Å². The fourth-order valence-electron chi connectivity index (χ4n) is 6.22. The fraction of sp³-hybridized carbons (Fsp3) is 0.542. The summed E-state index contributed by atoms with van der Waals surface area (Å²) in [7, 11) is 0. The molecule has 0 aliphatic carbocycles. The number of carbonyl (C=O) groups excluding carboxylic acids is 3. The van der Waals surface area contributed by atoms with Crippen LogP contribution in [0.25, 0.3) is 0 Å². The van der Waals surface area contributed by atoms with Gasteiger partial charge in [-0.25, -0.2) is 0 Å². The van der Waals surface area contributed by atoms with Crippen LogP contribution < -0.4 is 0 Å². The first-order chi connectivity index (χ1) is 32.0. The molecule has 0 saturated carbocycles. The van der Waals surface area contributed by atoms with Crippen LogP contribution in [0.2, 0.25) is 0 Å². The van der Waals surface area contributed by atoms with Gasteiger partial charge in [-0.1, -0.05) is 218 Å². The van der Waals surface area contributed by atoms with Crippen LogP contribution in [0.15, 0.2) is 146 Å². The third-order valence-electron chi connectivity index (χ3n) is 9.98. The SMILES string of the molecule is CC\C=C/C=C\C=C/C=C\C=C\C=C/CCCCCC(=O)OCC(COC(=O)CCCCC/C=C\CCCCCCCCC)OC(=O)CC/C=C\C/C=C\C/C=C\C/C=C\C/C=C\CC. The third kappa shape index (κ3) is 50.2. The smallest absolute Gasteiger partial charge is 0.306 e. The van der Waals surface area contributed by atoms with Crippen molar-refractivity contribution in [2.24, 2.45) is 0 Å². The first kappa shape index (κ1) is 60.3. The van der Waals surface area contributed by atoms with Gasteiger partial charge in [-0.3, -0.25) is 14.4 Å². The predicted molar refractivity (Wildman–Crippen MR) is 279 cm³/mol. The summed E-state index contributed by atoms with van der Waals surface area (Å²) in [5, 5.41) is 0. The standard InChI is InChI=1S/C59H90O6/c1-4-7-10-13-16-19-22-25-28-30-32-34-37-40-43-46-49-52-58(61)64-55-56(54-63-57(60)51-48-45-42-39-36-33-27-24-21-18-15-12-9-6-3)65-59(62)53-50-47-44-41-38-35-31-29-26-23-20-17-14-11-8-5-2/h7-8,10-11,13,16-17,19-20,22,25-26,28-30,32-38,44,47,56H,4-6,9,12,14-15,18,21,23-24,27,31,39-43,45-46,48-55H2,1-3H3/b10-7-,11-8-,16-13-,20-17-,22-19-,28-25-,29-26-,32-30+,36-33-,37-34-,38-35-,47-44-. The molecule has 1 atom stereocenters. The number of hydrogen-bond acceptors (Lipinski definition) is 6. The van der Waals surface area contributed by atoms with Crippen molar-refractivity contribution in [3.63, 3.8) is 0 Å². The second-order valence-corrected chi connectivity index (χ2v) is 16.1. The van der Waals surface area contributed by atoms with Crippen molar-refractivity contribution < 1.29 is 28.6 Å². The van der Waals surface area contributed by atoms with Crippen LogP contribution in [0.1, 0.15) is 188 Å². The zero-order valence-electron chi connectivity index (χ0n) is 41.2. The highest BCUT2D eigenvalue weighted by atomic mass is 16.6. The molecule has 0 heterocycles. The Morgan fingerprint density at radius 3 is 1.18 bits per heavy atom. The minimum Gasteiger partial charge on any atom is -0.462 e. The van der Waals surface area contributed by atoms with Gasteiger partial charge in [-0.15, -0.1) is 0 Å². The number of allylic oxidation sites excluding steroid dienone is 24. The van der Waals surface area contributed by atoms with E-state index in [9.17, 15) is 14.4 Å². The van der Waals surface area contributed by atoms with Crippen molar-refractivity contribution in [3.05, 3.63) is 146 Å². The maximum Gasteiger partial charge on any atom is 0.306 e. The van der Waals surface area contributed by atoms with E-state index in [4.69, 9.17) is 14.2 Å². The van der Waals surface area contributed by atoms with Crippen LogP contribution in [0.4, 0.5) is 0 Å². The van der Waals surface area contributed by atoms with Crippen LogP contribution >= 0.6 is 0 Å². The second-order valence-electron chi connectivity index (χ2n) is 16.1. The van der Waals surface area contributed by atoms with Gasteiger partial charge in [0.15, 0.2) is 6.10 Å². The van der Waals surface area contributed by atoms with Gasteiger partial charge < -0.3 is 14.2 Å². The molecule has 362 valence electrons. The van der Waals surface area contributed by atoms with E-state index in [-0.39, 0.29) is 38.0 Å². The molecule has 6 nitrogen and oxygen atoms in total. The van der Waals surface area contributed by atoms with Crippen LogP contribution in [0.3, 0.4) is 0 Å². The molecule has 65 heavy (non-hydrogen) atoms. The number of carbonyl (C=O) groups is 3. The van der Waals surface area contributed by atoms with Crippen LogP contribution in [0, 0.1) is 0 Å². The molecule has 0 radical (unpaired) electrons. The zero-order chi connectivity index (χ0) is 47.2. The van der Waals surface area contributed by atoms with Gasteiger partial charge in [0.1, 0.15) is 13.2 Å². The topological polar surface area (TPSA) is 78.9 Å². The van der Waals surface area contributed by atoms with E-state index in [0.717, 1.165) is 89.9 Å². The number of rotatable bonds is 43. The molecule has 0 aliphatic heterocycles. The van der Waals surface area contributed by atoms with E-state index < -0.39 is 12.1 Å². The highest BCUT2D eigenvalue weighted by molar-refractivity contribution is 5.71. The van der Waals surface area contributed by atoms with Gasteiger partial charge in [0, 0.05) is 19.3 Å². The van der Waals surface area contributed by atoms with E-state index in [1.807, 2.05) is 72.9 Å². The molecular weight excluding hydrogens is 805 g/mol. The summed E-state index contributed by atoms with van der Waals surface area (Å²) < 4.78 is 16.7. The molecule has 0 aromatic rings. The van der Waals surface area contributed by atoms with Gasteiger partial charge in [0.2, 0.25) is 0 Å². The fourth-order valence-corrected chi connectivity index (χ4v) is 6.22. The van der Waals surface area contributed by atoms with Crippen LogP contribution in [-0.2, 0) is 28.6 Å². The Kier molecular flexibility index (Phi) is 48.2. The maximum atomic E-state index is 12.8. The largest absolute Gasteiger partial charge is 0.462 e. The Hall–Kier alpha value is -4.71. The Bertz CT molecular complexity index is 1490. The molecule has 6 heteroatoms. The average molecular weight is 895 g/mol. The van der Waals surface area contributed by atoms with Crippen molar-refractivity contribution >= 4 is 17.9 Å². The average Bonchev–Trinajstić information content (AvgIpc) is 3.30. The molecule has 0 N–H and O–H groups in total. The van der Waals surface area contributed by atoms with Crippen molar-refractivity contribution in [1.82, 2.24) is 0 Å². The van der Waals surface area contributed by atoms with E-state index >= 15 is 0 Å². The van der Waals surface area contributed by atoms with Crippen molar-refractivity contribution in [3.8, 4) is 0 Å². The van der Waals surface area contributed by atoms with Crippen LogP contribution in [-0.4, -0.2) is 37.2 Å². The first-order valence-electron chi connectivity index (χ1n) is 25.4. The Labute approximate surface area is 397 Å². The van der Waals surface area contributed by atoms with Gasteiger partial charge >= 0.3 is 17.9 Å². The summed E-state index contributed by atoms with van der Waals surface area (Å²) in [6, 6.07) is 0. The number of unbranched alkanes of at least 4 members (excludes halogenated alkanes) is 13. The zero-order valence-corrected chi connectivity index (χ0v) is 41.2. The molecule has 1 unspecified atom stereocenters. The maximum absolute atomic E-state index is 12.8. The number of ether oxygens (including phenoxy) is 3. The summed E-state index contributed by atoms with van der Waals surface area (Å²) >= 11 is 0. The third-order valence-corrected chi connectivity index (χ3v) is 9.98. The van der Waals surface area contributed by atoms with E-state index in [2.05, 4.69) is 93.7 Å². The highest BCUT2D eigenvalue weighted by Crippen LogP contribution is 2.11. The molecule has 0 fully saturated rings. The van der Waals surface area contributed by atoms with E-state index in [1.165, 1.54) is 44.9 Å². The Morgan fingerprint density at radius 1 is 0.338 bits per heavy atom. The lowest BCUT2D eigenvalue weighted by molar-refractivity contribution is -0.166. The molecule has 0 aromatic carbocycles. The lowest BCUT2D eigenvalue weighted by atomic mass is 10.1. The lowest BCUT2D eigenvalue weighted by Gasteiger charge is -2.18. The van der Waals surface area contributed by atoms with E-state index in [0.29, 0.717) is 19.3 Å². The molecule has 0 spiro atoms. The Morgan fingerprint density at radius 2 is 0.708 bits per heavy atom. The highest BCUT2D eigenvalue weighted by Gasteiger charge is 2.19. The van der Waals surface area contributed by atoms with Crippen molar-refractivity contribution in [2.45, 2.75) is 194 Å². The van der Waals surface area contributed by atoms with Gasteiger partial charge in [-0.05, 0) is 96.3 Å². The molecular formula is C59H90O6. The molecule has 0 saturated heterocycles. The molecule has 0 rings (SSSR count). The van der Waals surface area contributed by atoms with Crippen molar-refractivity contribution in [1.29, 1.82) is 0 Å². The number of hydrogen-bond donors (Lipinski definition) is 0. The van der Waals surface area contributed by atoms with Gasteiger partial charge in [0.05, 0.1) is 0 Å². The molecule has 0 bridgehead atoms. The quantitative estimate of drug-likeness (QED) is 0.0199. The summed E-state index contributed by atoms with van der Waals surface area (Å²) in [4.78, 5) is 37.9. The first-order valence-corrected chi connectivity index (χ1v) is 25.4. The number of esters is 3. The van der Waals surface area contributed by atoms with Crippen molar-refractivity contribution in [2.75, 3.05) is 13.2 Å². The summed E-state index contributed by atoms with van der Waals surface area (Å²) in [6.45, 7) is 6.23. The Balaban J connectivity index is 4.65. The molecule has 0 aliphatic rings. The minimum atomic E-state index is -0.848. The summed E-state index contributed by atoms with van der Waals surface area (Å²) in [6.07, 6.45) is 74.1. The monoisotopic (exact) mass is 895 g/mol. The lowest BCUT2D eigenvalue weighted by Crippen LogP contribution is -2.30. The van der Waals surface area contributed by atoms with Crippen LogP contribution in [0.5, 0.6) is 0 Å². The van der Waals surface area contributed by atoms with Gasteiger partial charge in [-0.2, -0.15) is 0 Å². The van der Waals surface area contributed by atoms with E-state index in [1.54, 1.807) is 0 Å². The molecule has 0 aromatic heterocycles. The predicted octanol–water partition coefficient (Wildman–Crippen LogP) is 16.9.